The highest BCUT2D eigenvalue weighted by atomic mass is 19.3. The maximum Gasteiger partial charge on any atom is 0.387 e. The summed E-state index contributed by atoms with van der Waals surface area (Å²) >= 11 is 0. The lowest BCUT2D eigenvalue weighted by Gasteiger charge is -2.23. The highest BCUT2D eigenvalue weighted by Gasteiger charge is 2.20. The second-order valence-corrected chi connectivity index (χ2v) is 4.97. The number of hydrogen-bond donors (Lipinski definition) is 0. The molecule has 0 atom stereocenters. The van der Waals surface area contributed by atoms with Crippen LogP contribution in [0.1, 0.15) is 24.2 Å². The van der Waals surface area contributed by atoms with Crippen LogP contribution in [0, 0.1) is 0 Å². The first kappa shape index (κ1) is 19.7. The third-order valence-electron chi connectivity index (χ3n) is 3.46. The first-order valence-corrected chi connectivity index (χ1v) is 7.50. The first-order valence-electron chi connectivity index (χ1n) is 7.50. The Labute approximate surface area is 139 Å². The lowest BCUT2D eigenvalue weighted by molar-refractivity contribution is -0.131. The Morgan fingerprint density at radius 2 is 1.79 bits per heavy atom. The van der Waals surface area contributed by atoms with E-state index in [1.807, 2.05) is 13.8 Å². The topological polar surface area (TPSA) is 59.1 Å². The zero-order valence-electron chi connectivity index (χ0n) is 14.2. The molecule has 1 rings (SSSR count). The largest absolute Gasteiger partial charge is 0.493 e. The molecule has 0 heterocycles. The molecule has 134 valence electrons. The monoisotopic (exact) mass is 344 g/mol. The van der Waals surface area contributed by atoms with Gasteiger partial charge in [0.1, 0.15) is 0 Å². The van der Waals surface area contributed by atoms with Crippen LogP contribution in [0.25, 0.3) is 0 Å². The smallest absolute Gasteiger partial charge is 0.387 e. The summed E-state index contributed by atoms with van der Waals surface area (Å²) in [6.07, 6.45) is 0. The Balaban J connectivity index is 2.88. The second-order valence-electron chi connectivity index (χ2n) is 4.97. The van der Waals surface area contributed by atoms with Crippen LogP contribution >= 0.6 is 0 Å². The molecule has 1 aromatic carbocycles. The highest BCUT2D eigenvalue weighted by molar-refractivity contribution is 5.96. The Morgan fingerprint density at radius 1 is 1.17 bits per heavy atom. The minimum absolute atomic E-state index is 0.0182. The van der Waals surface area contributed by atoms with Crippen LogP contribution in [0.15, 0.2) is 18.2 Å². The normalized spacial score (nSPS) is 10.5. The van der Waals surface area contributed by atoms with Gasteiger partial charge in [0, 0.05) is 25.7 Å². The fourth-order valence-electron chi connectivity index (χ4n) is 2.17. The number of likely N-dealkylation sites (N-methyl/N-ethyl adjacent to an activating group) is 2. The van der Waals surface area contributed by atoms with Gasteiger partial charge in [0.2, 0.25) is 5.91 Å². The number of carbonyl (C=O) groups is 2. The molecule has 0 aliphatic rings. The number of hydrogen-bond acceptors (Lipinski definition) is 4. The average Bonchev–Trinajstić information content (AvgIpc) is 2.55. The number of benzene rings is 1. The van der Waals surface area contributed by atoms with E-state index >= 15 is 0 Å². The van der Waals surface area contributed by atoms with Gasteiger partial charge in [-0.3, -0.25) is 9.59 Å². The van der Waals surface area contributed by atoms with E-state index in [0.29, 0.717) is 13.1 Å². The van der Waals surface area contributed by atoms with Crippen LogP contribution in [0.2, 0.25) is 0 Å². The molecular weight excluding hydrogens is 322 g/mol. The van der Waals surface area contributed by atoms with Gasteiger partial charge in [0.15, 0.2) is 11.5 Å². The number of nitrogens with zero attached hydrogens (tertiary/aromatic N) is 2. The molecule has 0 fully saturated rings. The Kier molecular flexibility index (Phi) is 7.41. The Hall–Kier alpha value is -2.38. The molecule has 0 radical (unpaired) electrons. The molecule has 0 aromatic heterocycles. The summed E-state index contributed by atoms with van der Waals surface area (Å²) < 4.78 is 33.9. The fraction of sp³-hybridized carbons (Fsp3) is 0.500. The van der Waals surface area contributed by atoms with E-state index in [2.05, 4.69) is 4.74 Å². The highest BCUT2D eigenvalue weighted by Crippen LogP contribution is 2.29. The maximum atomic E-state index is 12.4. The average molecular weight is 344 g/mol. The van der Waals surface area contributed by atoms with Crippen molar-refractivity contribution in [1.29, 1.82) is 0 Å². The van der Waals surface area contributed by atoms with E-state index in [9.17, 15) is 18.4 Å². The van der Waals surface area contributed by atoms with Crippen LogP contribution in [0.5, 0.6) is 11.5 Å². The number of amides is 2. The minimum atomic E-state index is -2.99. The zero-order chi connectivity index (χ0) is 18.3. The zero-order valence-corrected chi connectivity index (χ0v) is 14.2. The summed E-state index contributed by atoms with van der Waals surface area (Å²) in [6.45, 7) is 1.77. The van der Waals surface area contributed by atoms with Gasteiger partial charge < -0.3 is 19.3 Å². The van der Waals surface area contributed by atoms with Crippen LogP contribution in [-0.2, 0) is 4.79 Å². The van der Waals surface area contributed by atoms with Gasteiger partial charge in [0.05, 0.1) is 13.7 Å². The number of ether oxygens (including phenoxy) is 2. The molecule has 2 amide bonds. The van der Waals surface area contributed by atoms with Gasteiger partial charge in [-0.25, -0.2) is 0 Å². The van der Waals surface area contributed by atoms with E-state index in [0.717, 1.165) is 0 Å². The van der Waals surface area contributed by atoms with Crippen molar-refractivity contribution in [2.75, 3.05) is 33.8 Å². The van der Waals surface area contributed by atoms with Crippen LogP contribution in [0.3, 0.4) is 0 Å². The molecule has 0 aliphatic carbocycles. The number of carbonyl (C=O) groups excluding carboxylic acids is 2. The van der Waals surface area contributed by atoms with E-state index in [4.69, 9.17) is 4.74 Å². The van der Waals surface area contributed by atoms with Crippen molar-refractivity contribution in [1.82, 2.24) is 9.80 Å². The molecule has 0 saturated heterocycles. The van der Waals surface area contributed by atoms with Crippen molar-refractivity contribution in [3.8, 4) is 11.5 Å². The van der Waals surface area contributed by atoms with Gasteiger partial charge in [-0.2, -0.15) is 8.78 Å². The Bertz CT molecular complexity index is 577. The van der Waals surface area contributed by atoms with Gasteiger partial charge in [-0.05, 0) is 32.0 Å². The molecule has 0 bridgehead atoms. The van der Waals surface area contributed by atoms with E-state index in [1.165, 1.54) is 37.3 Å². The number of alkyl halides is 2. The molecule has 1 aromatic rings. The fourth-order valence-corrected chi connectivity index (χ4v) is 2.17. The van der Waals surface area contributed by atoms with Crippen molar-refractivity contribution in [2.24, 2.45) is 0 Å². The van der Waals surface area contributed by atoms with Gasteiger partial charge in [0.25, 0.3) is 5.91 Å². The predicted molar refractivity (Wildman–Crippen MR) is 84.5 cm³/mol. The van der Waals surface area contributed by atoms with Crippen LogP contribution in [0.4, 0.5) is 8.78 Å². The molecular formula is C16H22F2N2O4. The molecule has 0 aliphatic heterocycles. The molecule has 8 heteroatoms. The second kappa shape index (κ2) is 9.05. The third kappa shape index (κ3) is 5.07. The van der Waals surface area contributed by atoms with Crippen molar-refractivity contribution < 1.29 is 27.8 Å². The lowest BCUT2D eigenvalue weighted by Crippen LogP contribution is -2.41. The van der Waals surface area contributed by atoms with Crippen molar-refractivity contribution in [2.45, 2.75) is 20.5 Å². The van der Waals surface area contributed by atoms with Gasteiger partial charge in [-0.15, -0.1) is 0 Å². The summed E-state index contributed by atoms with van der Waals surface area (Å²) in [5.41, 5.74) is 0.211. The molecule has 0 N–H and O–H groups in total. The molecule has 0 spiro atoms. The number of halogens is 2. The third-order valence-corrected chi connectivity index (χ3v) is 3.46. The van der Waals surface area contributed by atoms with Gasteiger partial charge >= 0.3 is 6.61 Å². The van der Waals surface area contributed by atoms with Crippen molar-refractivity contribution in [3.05, 3.63) is 23.8 Å². The van der Waals surface area contributed by atoms with E-state index in [-0.39, 0.29) is 29.5 Å². The standard InChI is InChI=1S/C16H22F2N2O4/c1-5-20(6-2)14(21)10-19(3)15(22)11-7-8-12(24-16(17)18)13(9-11)23-4/h7-9,16H,5-6,10H2,1-4H3. The number of rotatable bonds is 8. The summed E-state index contributed by atoms with van der Waals surface area (Å²) in [4.78, 5) is 27.3. The quantitative estimate of drug-likeness (QED) is 0.726. The van der Waals surface area contributed by atoms with E-state index in [1.54, 1.807) is 4.90 Å². The summed E-state index contributed by atoms with van der Waals surface area (Å²) in [6, 6.07) is 3.89. The Morgan fingerprint density at radius 3 is 2.29 bits per heavy atom. The van der Waals surface area contributed by atoms with Crippen molar-refractivity contribution >= 4 is 11.8 Å². The summed E-state index contributed by atoms with van der Waals surface area (Å²) in [7, 11) is 2.79. The lowest BCUT2D eigenvalue weighted by atomic mass is 10.1. The molecule has 24 heavy (non-hydrogen) atoms. The van der Waals surface area contributed by atoms with Crippen LogP contribution < -0.4 is 9.47 Å². The summed E-state index contributed by atoms with van der Waals surface area (Å²) in [5, 5.41) is 0. The number of methoxy groups -OCH3 is 1. The molecule has 0 saturated carbocycles. The minimum Gasteiger partial charge on any atom is -0.493 e. The SMILES string of the molecule is CCN(CC)C(=O)CN(C)C(=O)c1ccc(OC(F)F)c(OC)c1. The maximum absolute atomic E-state index is 12.4. The molecule has 0 unspecified atom stereocenters. The van der Waals surface area contributed by atoms with Gasteiger partial charge in [-0.1, -0.05) is 0 Å². The van der Waals surface area contributed by atoms with Crippen LogP contribution in [-0.4, -0.2) is 62.0 Å². The predicted octanol–water partition coefficient (Wildman–Crippen LogP) is 2.24. The van der Waals surface area contributed by atoms with E-state index < -0.39 is 12.5 Å². The first-order chi connectivity index (χ1) is 11.3. The molecule has 6 nitrogen and oxygen atoms in total. The van der Waals surface area contributed by atoms with Crippen molar-refractivity contribution in [3.63, 3.8) is 0 Å². The summed E-state index contributed by atoms with van der Waals surface area (Å²) in [5.74, 6) is -0.728.